The highest BCUT2D eigenvalue weighted by Crippen LogP contribution is 1.42. The highest BCUT2D eigenvalue weighted by molar-refractivity contribution is 5.95. The molecule has 0 aromatic heterocycles. The van der Waals surface area contributed by atoms with Crippen molar-refractivity contribution in [1.82, 2.24) is 0 Å². The normalized spacial score (nSPS) is 5.67. The average Bonchev–Trinajstić information content (AvgIpc) is 1.41. The summed E-state index contributed by atoms with van der Waals surface area (Å²) in [5, 5.41) is 7.42. The third-order valence-electron chi connectivity index (χ3n) is 0. The van der Waals surface area contributed by atoms with Gasteiger partial charge in [0.2, 0.25) is 0 Å². The first kappa shape index (κ1) is 9.17. The van der Waals surface area contributed by atoms with Crippen molar-refractivity contribution < 1.29 is 14.7 Å². The van der Waals surface area contributed by atoms with Gasteiger partial charge in [0.05, 0.1) is 0 Å². The molecule has 0 aliphatic rings. The fourth-order valence-electron chi connectivity index (χ4n) is 0. The van der Waals surface area contributed by atoms with E-state index in [4.69, 9.17) is 14.7 Å². The summed E-state index contributed by atoms with van der Waals surface area (Å²) in [6.45, 7) is 1.08. The lowest BCUT2D eigenvalue weighted by molar-refractivity contribution is -0.134. The quantitative estimate of drug-likeness (QED) is 0.365. The smallest absolute Gasteiger partial charge is 0.300 e. The van der Waals surface area contributed by atoms with Crippen LogP contribution in [0.15, 0.2) is 0 Å². The van der Waals surface area contributed by atoms with Gasteiger partial charge in [-0.3, -0.25) is 4.79 Å². The van der Waals surface area contributed by atoms with Crippen LogP contribution in [-0.4, -0.2) is 26.4 Å². The Hall–Kier alpha value is -0.353. The molecule has 3 nitrogen and oxygen atoms in total. The van der Waals surface area contributed by atoms with Gasteiger partial charge in [0.1, 0.15) is 10.5 Å². The van der Waals surface area contributed by atoms with Crippen molar-refractivity contribution in [3.05, 3.63) is 0 Å². The largest absolute Gasteiger partial charge is 0.481 e. The second-order valence-electron chi connectivity index (χ2n) is 0.519. The lowest BCUT2D eigenvalue weighted by Gasteiger charge is -1.59. The lowest BCUT2D eigenvalue weighted by Crippen LogP contribution is -1.78. The molecule has 0 radical (unpaired) electrons. The van der Waals surface area contributed by atoms with Crippen LogP contribution >= 0.6 is 0 Å². The Labute approximate surface area is 39.2 Å². The maximum Gasteiger partial charge on any atom is 0.300 e. The molecule has 6 heavy (non-hydrogen) atoms. The number of rotatable bonds is 0. The molecule has 0 amide bonds. The second kappa shape index (κ2) is 8.82. The number of carboxylic acid groups (broad SMARTS) is 1. The van der Waals surface area contributed by atoms with Crippen LogP contribution in [0.25, 0.3) is 0 Å². The van der Waals surface area contributed by atoms with Gasteiger partial charge in [-0.15, -0.1) is 0 Å². The van der Waals surface area contributed by atoms with Gasteiger partial charge in [-0.2, -0.15) is 0 Å². The van der Waals surface area contributed by atoms with Gasteiger partial charge in [-0.25, -0.2) is 0 Å². The molecule has 0 aromatic carbocycles. The SMILES string of the molecule is CC(=O)O.O[SiH3]. The number of hydrogen-bond acceptors (Lipinski definition) is 2. The van der Waals surface area contributed by atoms with Crippen LogP contribution in [0.3, 0.4) is 0 Å². The number of hydrogen-bond donors (Lipinski definition) is 2. The summed E-state index contributed by atoms with van der Waals surface area (Å²) in [5.74, 6) is -0.833. The summed E-state index contributed by atoms with van der Waals surface area (Å²) in [5.41, 5.74) is 0. The maximum atomic E-state index is 9.00. The van der Waals surface area contributed by atoms with Crippen molar-refractivity contribution in [1.29, 1.82) is 0 Å². The molecule has 0 rings (SSSR count). The van der Waals surface area contributed by atoms with Gasteiger partial charge in [0.25, 0.3) is 5.97 Å². The van der Waals surface area contributed by atoms with Gasteiger partial charge >= 0.3 is 0 Å². The van der Waals surface area contributed by atoms with E-state index in [9.17, 15) is 0 Å². The fourth-order valence-corrected chi connectivity index (χ4v) is 0. The molecule has 0 spiro atoms. The molecule has 2 N–H and O–H groups in total. The molecule has 0 aromatic rings. The first-order valence-electron chi connectivity index (χ1n) is 1.37. The van der Waals surface area contributed by atoms with E-state index < -0.39 is 5.97 Å². The molecule has 0 saturated heterocycles. The van der Waals surface area contributed by atoms with Gasteiger partial charge in [-0.05, 0) is 0 Å². The summed E-state index contributed by atoms with van der Waals surface area (Å²) in [6.07, 6.45) is 0. The molecule has 0 aliphatic carbocycles. The van der Waals surface area contributed by atoms with E-state index in [0.29, 0.717) is 10.5 Å². The topological polar surface area (TPSA) is 57.5 Å². The minimum Gasteiger partial charge on any atom is -0.481 e. The fraction of sp³-hybridized carbons (Fsp3) is 0.500. The summed E-state index contributed by atoms with van der Waals surface area (Å²) < 4.78 is 0. The zero-order chi connectivity index (χ0) is 5.58. The van der Waals surface area contributed by atoms with E-state index in [1.54, 1.807) is 0 Å². The predicted molar refractivity (Wildman–Crippen MR) is 25.5 cm³/mol. The summed E-state index contributed by atoms with van der Waals surface area (Å²) in [4.78, 5) is 16.1. The summed E-state index contributed by atoms with van der Waals surface area (Å²) in [7, 11) is 0.306. The molecule has 38 valence electrons. The minimum atomic E-state index is -0.833. The Bertz CT molecular complexity index is 31.8. The lowest BCUT2D eigenvalue weighted by atomic mass is 10.9. The van der Waals surface area contributed by atoms with Crippen molar-refractivity contribution in [3.63, 3.8) is 0 Å². The summed E-state index contributed by atoms with van der Waals surface area (Å²) >= 11 is 0. The van der Waals surface area contributed by atoms with Crippen LogP contribution in [0.5, 0.6) is 0 Å². The molecule has 0 atom stereocenters. The van der Waals surface area contributed by atoms with Crippen LogP contribution < -0.4 is 0 Å². The predicted octanol–water partition coefficient (Wildman–Crippen LogP) is -1.65. The van der Waals surface area contributed by atoms with E-state index in [2.05, 4.69) is 0 Å². The molecule has 0 saturated carbocycles. The standard InChI is InChI=1S/C2H4O2.H4OSi/c1-2(3)4;1-2/h1H3,(H,3,4);1H,2H3. The van der Waals surface area contributed by atoms with Crippen LogP contribution in [0.1, 0.15) is 6.92 Å². The average molecular weight is 108 g/mol. The Morgan fingerprint density at radius 3 is 1.67 bits per heavy atom. The number of carbonyl (C=O) groups is 1. The molecule has 0 bridgehead atoms. The zero-order valence-corrected chi connectivity index (χ0v) is 5.80. The van der Waals surface area contributed by atoms with Gasteiger partial charge in [0, 0.05) is 6.92 Å². The van der Waals surface area contributed by atoms with E-state index in [1.807, 2.05) is 0 Å². The third kappa shape index (κ3) is 205. The monoisotopic (exact) mass is 108 g/mol. The third-order valence-corrected chi connectivity index (χ3v) is 0. The van der Waals surface area contributed by atoms with Gasteiger partial charge in [-0.1, -0.05) is 0 Å². The molecule has 0 heterocycles. The highest BCUT2D eigenvalue weighted by atomic mass is 28.2. The Balaban J connectivity index is 0. The molecule has 0 aliphatic heterocycles. The first-order valence-corrected chi connectivity index (χ1v) is 2.27. The van der Waals surface area contributed by atoms with Gasteiger partial charge < -0.3 is 9.90 Å². The van der Waals surface area contributed by atoms with Crippen molar-refractivity contribution in [3.8, 4) is 0 Å². The first-order chi connectivity index (χ1) is 2.73. The van der Waals surface area contributed by atoms with E-state index in [-0.39, 0.29) is 0 Å². The van der Waals surface area contributed by atoms with Crippen LogP contribution in [0.2, 0.25) is 0 Å². The second-order valence-corrected chi connectivity index (χ2v) is 0.519. The molecule has 4 heteroatoms. The van der Waals surface area contributed by atoms with Crippen molar-refractivity contribution in [2.45, 2.75) is 6.92 Å². The molecule has 0 unspecified atom stereocenters. The van der Waals surface area contributed by atoms with Crippen molar-refractivity contribution >= 4 is 16.5 Å². The number of aliphatic carboxylic acids is 1. The van der Waals surface area contributed by atoms with Crippen molar-refractivity contribution in [2.75, 3.05) is 0 Å². The summed E-state index contributed by atoms with van der Waals surface area (Å²) in [6, 6.07) is 0. The Kier molecular flexibility index (Phi) is 13.5. The Morgan fingerprint density at radius 2 is 1.67 bits per heavy atom. The van der Waals surface area contributed by atoms with Crippen LogP contribution in [0, 0.1) is 0 Å². The van der Waals surface area contributed by atoms with E-state index >= 15 is 0 Å². The van der Waals surface area contributed by atoms with Gasteiger partial charge in [0.15, 0.2) is 0 Å². The minimum absolute atomic E-state index is 0.306. The number of carboxylic acids is 1. The Morgan fingerprint density at radius 1 is 1.67 bits per heavy atom. The molecular formula is C2H8O3Si. The van der Waals surface area contributed by atoms with Crippen LogP contribution in [0.4, 0.5) is 0 Å². The van der Waals surface area contributed by atoms with E-state index in [0.717, 1.165) is 6.92 Å². The maximum absolute atomic E-state index is 9.00. The van der Waals surface area contributed by atoms with E-state index in [1.165, 1.54) is 0 Å². The zero-order valence-electron chi connectivity index (χ0n) is 3.80. The molecular weight excluding hydrogens is 100 g/mol. The van der Waals surface area contributed by atoms with Crippen molar-refractivity contribution in [2.24, 2.45) is 0 Å². The van der Waals surface area contributed by atoms with Crippen LogP contribution in [-0.2, 0) is 4.79 Å². The molecule has 0 fully saturated rings. The highest BCUT2D eigenvalue weighted by Gasteiger charge is 1.65.